The zero-order chi connectivity index (χ0) is 15.0. The van der Waals surface area contributed by atoms with Gasteiger partial charge in [-0.3, -0.25) is 14.4 Å². The van der Waals surface area contributed by atoms with Gasteiger partial charge in [-0.1, -0.05) is 0 Å². The Kier molecular flexibility index (Phi) is 6.72. The average Bonchev–Trinajstić information content (AvgIpc) is 2.83. The van der Waals surface area contributed by atoms with Gasteiger partial charge in [-0.15, -0.1) is 11.3 Å². The molecule has 2 N–H and O–H groups in total. The molecular formula is C13H18N2O4S. The minimum Gasteiger partial charge on any atom is -0.466 e. The molecule has 0 aromatic carbocycles. The molecule has 1 rings (SSSR count). The lowest BCUT2D eigenvalue weighted by Gasteiger charge is -2.06. The summed E-state index contributed by atoms with van der Waals surface area (Å²) in [6.45, 7) is 4.04. The first-order valence-electron chi connectivity index (χ1n) is 6.30. The number of carbonyl (C=O) groups is 3. The van der Waals surface area contributed by atoms with E-state index < -0.39 is 0 Å². The van der Waals surface area contributed by atoms with Crippen molar-refractivity contribution < 1.29 is 19.1 Å². The molecule has 1 aromatic heterocycles. The minimum absolute atomic E-state index is 0.112. The van der Waals surface area contributed by atoms with Crippen LogP contribution < -0.4 is 10.6 Å². The summed E-state index contributed by atoms with van der Waals surface area (Å²) in [5.74, 6) is -0.967. The van der Waals surface area contributed by atoms with Crippen LogP contribution in [0.3, 0.4) is 0 Å². The molecule has 0 fully saturated rings. The number of ether oxygens (including phenoxy) is 1. The van der Waals surface area contributed by atoms with Gasteiger partial charge in [-0.2, -0.15) is 0 Å². The number of amides is 2. The monoisotopic (exact) mass is 298 g/mol. The molecule has 6 nitrogen and oxygen atoms in total. The molecule has 0 aliphatic heterocycles. The van der Waals surface area contributed by atoms with Crippen molar-refractivity contribution >= 4 is 29.1 Å². The Labute approximate surface area is 121 Å². The third-order valence-electron chi connectivity index (χ3n) is 2.33. The first-order valence-corrected chi connectivity index (χ1v) is 7.11. The first-order chi connectivity index (χ1) is 9.52. The molecule has 0 bridgehead atoms. The second kappa shape index (κ2) is 8.31. The second-order valence-electron chi connectivity index (χ2n) is 4.00. The quantitative estimate of drug-likeness (QED) is 0.731. The number of rotatable bonds is 7. The van der Waals surface area contributed by atoms with Crippen molar-refractivity contribution in [1.29, 1.82) is 0 Å². The van der Waals surface area contributed by atoms with Crippen molar-refractivity contribution in [2.24, 2.45) is 0 Å². The maximum absolute atomic E-state index is 11.7. The number of nitrogens with one attached hydrogen (secondary N) is 2. The number of aryl methyl sites for hydroxylation is 1. The summed E-state index contributed by atoms with van der Waals surface area (Å²) in [6.07, 6.45) is 0.123. The van der Waals surface area contributed by atoms with Crippen LogP contribution in [-0.2, 0) is 14.3 Å². The van der Waals surface area contributed by atoms with E-state index in [4.69, 9.17) is 4.74 Å². The molecule has 0 atom stereocenters. The van der Waals surface area contributed by atoms with Crippen LogP contribution in [0, 0.1) is 6.92 Å². The van der Waals surface area contributed by atoms with Gasteiger partial charge < -0.3 is 15.4 Å². The standard InChI is InChI=1S/C13H18N2O4S/c1-3-19-12(17)6-7-14-11(16)8-15-13(18)10-5-4-9(2)20-10/h4-5H,3,6-8H2,1-2H3,(H,14,16)(H,15,18). The molecular weight excluding hydrogens is 280 g/mol. The summed E-state index contributed by atoms with van der Waals surface area (Å²) in [5.41, 5.74) is 0. The minimum atomic E-state index is -0.356. The third kappa shape index (κ3) is 5.83. The largest absolute Gasteiger partial charge is 0.466 e. The van der Waals surface area contributed by atoms with E-state index in [-0.39, 0.29) is 37.3 Å². The van der Waals surface area contributed by atoms with E-state index in [0.717, 1.165) is 4.88 Å². The summed E-state index contributed by atoms with van der Waals surface area (Å²) >= 11 is 1.37. The lowest BCUT2D eigenvalue weighted by molar-refractivity contribution is -0.143. The summed E-state index contributed by atoms with van der Waals surface area (Å²) in [4.78, 5) is 35.8. The fourth-order valence-corrected chi connectivity index (χ4v) is 2.19. The van der Waals surface area contributed by atoms with Crippen molar-refractivity contribution in [3.05, 3.63) is 21.9 Å². The summed E-state index contributed by atoms with van der Waals surface area (Å²) in [7, 11) is 0. The predicted molar refractivity (Wildman–Crippen MR) is 75.6 cm³/mol. The van der Waals surface area contributed by atoms with E-state index in [1.54, 1.807) is 13.0 Å². The van der Waals surface area contributed by atoms with Gasteiger partial charge in [0.2, 0.25) is 5.91 Å². The molecule has 0 radical (unpaired) electrons. The molecule has 2 amide bonds. The van der Waals surface area contributed by atoms with Gasteiger partial charge in [-0.05, 0) is 26.0 Å². The number of hydrogen-bond donors (Lipinski definition) is 2. The van der Waals surface area contributed by atoms with E-state index in [9.17, 15) is 14.4 Å². The fourth-order valence-electron chi connectivity index (χ4n) is 1.40. The maximum atomic E-state index is 11.7. The van der Waals surface area contributed by atoms with Crippen molar-refractivity contribution in [2.75, 3.05) is 19.7 Å². The molecule has 0 saturated heterocycles. The van der Waals surface area contributed by atoms with Crippen LogP contribution in [0.25, 0.3) is 0 Å². The number of thiophene rings is 1. The van der Waals surface area contributed by atoms with Gasteiger partial charge >= 0.3 is 5.97 Å². The van der Waals surface area contributed by atoms with Crippen LogP contribution in [0.4, 0.5) is 0 Å². The van der Waals surface area contributed by atoms with Gasteiger partial charge in [0.15, 0.2) is 0 Å². The molecule has 20 heavy (non-hydrogen) atoms. The Morgan fingerprint density at radius 2 is 2.00 bits per heavy atom. The molecule has 7 heteroatoms. The number of carbonyl (C=O) groups excluding carboxylic acids is 3. The topological polar surface area (TPSA) is 84.5 Å². The summed E-state index contributed by atoms with van der Waals surface area (Å²) < 4.78 is 4.72. The molecule has 1 heterocycles. The highest BCUT2D eigenvalue weighted by Crippen LogP contribution is 2.14. The van der Waals surface area contributed by atoms with Crippen LogP contribution in [0.15, 0.2) is 12.1 Å². The highest BCUT2D eigenvalue weighted by atomic mass is 32.1. The Balaban J connectivity index is 2.20. The Morgan fingerprint density at radius 1 is 1.25 bits per heavy atom. The van der Waals surface area contributed by atoms with Gasteiger partial charge in [0, 0.05) is 11.4 Å². The molecule has 110 valence electrons. The average molecular weight is 298 g/mol. The van der Waals surface area contributed by atoms with E-state index in [0.29, 0.717) is 11.5 Å². The molecule has 0 unspecified atom stereocenters. The highest BCUT2D eigenvalue weighted by molar-refractivity contribution is 7.13. The predicted octanol–water partition coefficient (Wildman–Crippen LogP) is 0.856. The van der Waals surface area contributed by atoms with Crippen molar-refractivity contribution in [3.8, 4) is 0 Å². The molecule has 0 aliphatic carbocycles. The Hall–Kier alpha value is -1.89. The van der Waals surface area contributed by atoms with Crippen LogP contribution in [-0.4, -0.2) is 37.5 Å². The van der Waals surface area contributed by atoms with Crippen molar-refractivity contribution in [3.63, 3.8) is 0 Å². The lowest BCUT2D eigenvalue weighted by atomic mass is 10.4. The Bertz CT molecular complexity index is 484. The van der Waals surface area contributed by atoms with E-state index in [1.807, 2.05) is 13.0 Å². The van der Waals surface area contributed by atoms with Gasteiger partial charge in [0.05, 0.1) is 24.4 Å². The Morgan fingerprint density at radius 3 is 2.60 bits per heavy atom. The second-order valence-corrected chi connectivity index (χ2v) is 5.29. The molecule has 1 aromatic rings. The van der Waals surface area contributed by atoms with Gasteiger partial charge in [-0.25, -0.2) is 0 Å². The maximum Gasteiger partial charge on any atom is 0.307 e. The van der Waals surface area contributed by atoms with E-state index in [2.05, 4.69) is 10.6 Å². The number of hydrogen-bond acceptors (Lipinski definition) is 5. The lowest BCUT2D eigenvalue weighted by Crippen LogP contribution is -2.37. The molecule has 0 saturated carbocycles. The summed E-state index contributed by atoms with van der Waals surface area (Å²) in [5, 5.41) is 5.05. The van der Waals surface area contributed by atoms with Crippen molar-refractivity contribution in [2.45, 2.75) is 20.3 Å². The smallest absolute Gasteiger partial charge is 0.307 e. The zero-order valence-corrected chi connectivity index (χ0v) is 12.3. The summed E-state index contributed by atoms with van der Waals surface area (Å²) in [6, 6.07) is 3.56. The van der Waals surface area contributed by atoms with Crippen LogP contribution in [0.1, 0.15) is 27.9 Å². The highest BCUT2D eigenvalue weighted by Gasteiger charge is 2.10. The molecule has 0 spiro atoms. The van der Waals surface area contributed by atoms with E-state index >= 15 is 0 Å². The van der Waals surface area contributed by atoms with Crippen molar-refractivity contribution in [1.82, 2.24) is 10.6 Å². The SMILES string of the molecule is CCOC(=O)CCNC(=O)CNC(=O)c1ccc(C)s1. The third-order valence-corrected chi connectivity index (χ3v) is 3.33. The zero-order valence-electron chi connectivity index (χ0n) is 11.5. The number of esters is 1. The van der Waals surface area contributed by atoms with Crippen LogP contribution in [0.5, 0.6) is 0 Å². The normalized spacial score (nSPS) is 9.90. The van der Waals surface area contributed by atoms with E-state index in [1.165, 1.54) is 11.3 Å². The van der Waals surface area contributed by atoms with Crippen LogP contribution in [0.2, 0.25) is 0 Å². The van der Waals surface area contributed by atoms with Gasteiger partial charge in [0.1, 0.15) is 0 Å². The fraction of sp³-hybridized carbons (Fsp3) is 0.462. The van der Waals surface area contributed by atoms with Gasteiger partial charge in [0.25, 0.3) is 5.91 Å². The first kappa shape index (κ1) is 16.2. The molecule has 0 aliphatic rings. The van der Waals surface area contributed by atoms with Crippen LogP contribution >= 0.6 is 11.3 Å².